The average Bonchev–Trinajstić information content (AvgIpc) is 2.16. The van der Waals surface area contributed by atoms with Gasteiger partial charge in [0.05, 0.1) is 7.11 Å². The standard InChI is InChI=1S/C11H14ClNO/c1-7-6-13-11(7)9-5-8(12)3-4-10(9)14-2/h3-5,7,11,13H,6H2,1-2H3. The van der Waals surface area contributed by atoms with E-state index in [0.29, 0.717) is 12.0 Å². The first-order valence-corrected chi connectivity index (χ1v) is 5.17. The molecule has 76 valence electrons. The number of halogens is 1. The fraction of sp³-hybridized carbons (Fsp3) is 0.455. The molecule has 0 bridgehead atoms. The van der Waals surface area contributed by atoms with Gasteiger partial charge in [-0.1, -0.05) is 18.5 Å². The van der Waals surface area contributed by atoms with Gasteiger partial charge in [-0.15, -0.1) is 0 Å². The lowest BCUT2D eigenvalue weighted by molar-refractivity contribution is 0.251. The molecule has 2 rings (SSSR count). The zero-order valence-corrected chi connectivity index (χ0v) is 9.14. The molecule has 2 atom stereocenters. The van der Waals surface area contributed by atoms with E-state index in [0.717, 1.165) is 17.3 Å². The summed E-state index contributed by atoms with van der Waals surface area (Å²) in [6, 6.07) is 6.15. The molecular weight excluding hydrogens is 198 g/mol. The van der Waals surface area contributed by atoms with Crippen molar-refractivity contribution in [3.8, 4) is 5.75 Å². The topological polar surface area (TPSA) is 21.3 Å². The van der Waals surface area contributed by atoms with Crippen molar-refractivity contribution in [1.82, 2.24) is 5.32 Å². The average molecular weight is 212 g/mol. The van der Waals surface area contributed by atoms with Crippen LogP contribution in [0.2, 0.25) is 5.02 Å². The summed E-state index contributed by atoms with van der Waals surface area (Å²) in [7, 11) is 1.69. The van der Waals surface area contributed by atoms with E-state index in [2.05, 4.69) is 12.2 Å². The number of nitrogens with one attached hydrogen (secondary N) is 1. The van der Waals surface area contributed by atoms with E-state index >= 15 is 0 Å². The van der Waals surface area contributed by atoms with E-state index in [9.17, 15) is 0 Å². The summed E-state index contributed by atoms with van der Waals surface area (Å²) in [6.07, 6.45) is 0. The van der Waals surface area contributed by atoms with Gasteiger partial charge in [-0.05, 0) is 24.1 Å². The van der Waals surface area contributed by atoms with Crippen LogP contribution in [-0.2, 0) is 0 Å². The van der Waals surface area contributed by atoms with Gasteiger partial charge in [0, 0.05) is 23.2 Å². The Hall–Kier alpha value is -0.730. The Bertz CT molecular complexity index is 340. The highest BCUT2D eigenvalue weighted by atomic mass is 35.5. The van der Waals surface area contributed by atoms with Crippen molar-refractivity contribution in [2.75, 3.05) is 13.7 Å². The van der Waals surface area contributed by atoms with Crippen LogP contribution in [0.5, 0.6) is 5.75 Å². The van der Waals surface area contributed by atoms with Crippen LogP contribution < -0.4 is 10.1 Å². The first-order valence-electron chi connectivity index (χ1n) is 4.79. The Morgan fingerprint density at radius 3 is 2.79 bits per heavy atom. The molecule has 1 aliphatic heterocycles. The largest absolute Gasteiger partial charge is 0.496 e. The van der Waals surface area contributed by atoms with Crippen molar-refractivity contribution < 1.29 is 4.74 Å². The monoisotopic (exact) mass is 211 g/mol. The molecule has 0 spiro atoms. The molecule has 14 heavy (non-hydrogen) atoms. The number of benzene rings is 1. The summed E-state index contributed by atoms with van der Waals surface area (Å²) in [5.74, 6) is 1.57. The molecule has 1 fully saturated rings. The second kappa shape index (κ2) is 3.79. The summed E-state index contributed by atoms with van der Waals surface area (Å²) in [5.41, 5.74) is 1.17. The molecule has 3 heteroatoms. The second-order valence-corrected chi connectivity index (χ2v) is 4.19. The van der Waals surface area contributed by atoms with Gasteiger partial charge in [-0.2, -0.15) is 0 Å². The molecule has 1 heterocycles. The fourth-order valence-electron chi connectivity index (χ4n) is 1.84. The third kappa shape index (κ3) is 1.60. The van der Waals surface area contributed by atoms with Crippen molar-refractivity contribution in [1.29, 1.82) is 0 Å². The van der Waals surface area contributed by atoms with Gasteiger partial charge in [-0.3, -0.25) is 0 Å². The molecular formula is C11H14ClNO. The Kier molecular flexibility index (Phi) is 2.66. The first-order chi connectivity index (χ1) is 6.72. The van der Waals surface area contributed by atoms with Crippen LogP contribution in [0.4, 0.5) is 0 Å². The van der Waals surface area contributed by atoms with E-state index in [1.807, 2.05) is 18.2 Å². The minimum Gasteiger partial charge on any atom is -0.496 e. The van der Waals surface area contributed by atoms with Gasteiger partial charge in [0.2, 0.25) is 0 Å². The Balaban J connectivity index is 2.34. The predicted molar refractivity (Wildman–Crippen MR) is 57.9 cm³/mol. The lowest BCUT2D eigenvalue weighted by Crippen LogP contribution is -2.44. The minimum absolute atomic E-state index is 0.392. The van der Waals surface area contributed by atoms with Gasteiger partial charge >= 0.3 is 0 Å². The van der Waals surface area contributed by atoms with Gasteiger partial charge in [0.15, 0.2) is 0 Å². The molecule has 1 aliphatic rings. The summed E-state index contributed by atoms with van der Waals surface area (Å²) in [6.45, 7) is 3.29. The zero-order chi connectivity index (χ0) is 10.1. The molecule has 1 N–H and O–H groups in total. The number of ether oxygens (including phenoxy) is 1. The van der Waals surface area contributed by atoms with Crippen molar-refractivity contribution in [2.24, 2.45) is 5.92 Å². The second-order valence-electron chi connectivity index (χ2n) is 3.75. The smallest absolute Gasteiger partial charge is 0.123 e. The Morgan fingerprint density at radius 2 is 2.29 bits per heavy atom. The highest BCUT2D eigenvalue weighted by Crippen LogP contribution is 2.36. The predicted octanol–water partition coefficient (Wildman–Crippen LogP) is 2.63. The van der Waals surface area contributed by atoms with E-state index in [1.165, 1.54) is 5.56 Å². The van der Waals surface area contributed by atoms with Crippen molar-refractivity contribution in [3.05, 3.63) is 28.8 Å². The normalized spacial score (nSPS) is 25.6. The van der Waals surface area contributed by atoms with Gasteiger partial charge in [-0.25, -0.2) is 0 Å². The van der Waals surface area contributed by atoms with Crippen LogP contribution in [-0.4, -0.2) is 13.7 Å². The van der Waals surface area contributed by atoms with Crippen LogP contribution in [0.25, 0.3) is 0 Å². The van der Waals surface area contributed by atoms with E-state index in [-0.39, 0.29) is 0 Å². The third-order valence-electron chi connectivity index (χ3n) is 2.76. The first kappa shape index (κ1) is 9.81. The number of rotatable bonds is 2. The number of hydrogen-bond acceptors (Lipinski definition) is 2. The third-order valence-corrected chi connectivity index (χ3v) is 2.99. The number of hydrogen-bond donors (Lipinski definition) is 1. The van der Waals surface area contributed by atoms with Crippen molar-refractivity contribution in [3.63, 3.8) is 0 Å². The zero-order valence-electron chi connectivity index (χ0n) is 8.38. The fourth-order valence-corrected chi connectivity index (χ4v) is 2.02. The molecule has 0 amide bonds. The quantitative estimate of drug-likeness (QED) is 0.812. The molecule has 2 unspecified atom stereocenters. The van der Waals surface area contributed by atoms with Crippen molar-refractivity contribution >= 4 is 11.6 Å². The molecule has 0 aromatic heterocycles. The lowest BCUT2D eigenvalue weighted by atomic mass is 9.87. The maximum Gasteiger partial charge on any atom is 0.123 e. The van der Waals surface area contributed by atoms with Crippen LogP contribution in [0, 0.1) is 5.92 Å². The summed E-state index contributed by atoms with van der Waals surface area (Å²) in [5, 5.41) is 4.14. The molecule has 1 aromatic carbocycles. The van der Waals surface area contributed by atoms with E-state index in [4.69, 9.17) is 16.3 Å². The molecule has 0 aliphatic carbocycles. The van der Waals surface area contributed by atoms with Crippen LogP contribution in [0.15, 0.2) is 18.2 Å². The van der Waals surface area contributed by atoms with E-state index in [1.54, 1.807) is 7.11 Å². The molecule has 1 saturated heterocycles. The highest BCUT2D eigenvalue weighted by molar-refractivity contribution is 6.30. The van der Waals surface area contributed by atoms with E-state index < -0.39 is 0 Å². The highest BCUT2D eigenvalue weighted by Gasteiger charge is 2.29. The maximum atomic E-state index is 5.96. The van der Waals surface area contributed by atoms with Crippen LogP contribution in [0.3, 0.4) is 0 Å². The Morgan fingerprint density at radius 1 is 1.50 bits per heavy atom. The molecule has 0 radical (unpaired) electrons. The molecule has 0 saturated carbocycles. The SMILES string of the molecule is COc1ccc(Cl)cc1C1NCC1C. The lowest BCUT2D eigenvalue weighted by Gasteiger charge is -2.36. The van der Waals surface area contributed by atoms with Crippen molar-refractivity contribution in [2.45, 2.75) is 13.0 Å². The van der Waals surface area contributed by atoms with Crippen LogP contribution >= 0.6 is 11.6 Å². The summed E-state index contributed by atoms with van der Waals surface area (Å²) in [4.78, 5) is 0. The van der Waals surface area contributed by atoms with Gasteiger partial charge < -0.3 is 10.1 Å². The summed E-state index contributed by atoms with van der Waals surface area (Å²) < 4.78 is 5.31. The van der Waals surface area contributed by atoms with Crippen LogP contribution in [0.1, 0.15) is 18.5 Å². The molecule has 1 aromatic rings. The Labute approximate surface area is 89.2 Å². The summed E-state index contributed by atoms with van der Waals surface area (Å²) >= 11 is 5.96. The minimum atomic E-state index is 0.392. The molecule has 2 nitrogen and oxygen atoms in total. The van der Waals surface area contributed by atoms with Gasteiger partial charge in [0.1, 0.15) is 5.75 Å². The maximum absolute atomic E-state index is 5.96. The number of methoxy groups -OCH3 is 1. The van der Waals surface area contributed by atoms with Gasteiger partial charge in [0.25, 0.3) is 0 Å².